The first-order chi connectivity index (χ1) is 14.6. The average molecular weight is 423 g/mol. The number of alkyl carbamates (subject to hydrolysis) is 1. The fraction of sp³-hybridized carbons (Fsp3) is 0.375. The average Bonchev–Trinajstić information content (AvgIpc) is 2.70. The highest BCUT2D eigenvalue weighted by atomic mass is 19.1. The maximum Gasteiger partial charge on any atom is 0.408 e. The standard InChI is InChI=1S/C24H26FN3O3/c1-24(2,3)31-23(30)27-19(14-26)12-18-6-5-16(13-21(18)25)15-7-8-20-17(11-15)9-10-28(4)22(20)29/h5-8,11,13,19H,9-10,12H2,1-4H3,(H,27,30). The van der Waals surface area contributed by atoms with Gasteiger partial charge < -0.3 is 15.0 Å². The SMILES string of the molecule is CN1CCc2cc(-c3ccc(CC(C#N)NC(=O)OC(C)(C)C)c(F)c3)ccc2C1=O. The Morgan fingerprint density at radius 1 is 1.26 bits per heavy atom. The summed E-state index contributed by atoms with van der Waals surface area (Å²) in [5.41, 5.74) is 2.78. The molecule has 2 amide bonds. The van der Waals surface area contributed by atoms with Gasteiger partial charge in [-0.2, -0.15) is 5.26 Å². The molecule has 1 aliphatic heterocycles. The van der Waals surface area contributed by atoms with Gasteiger partial charge in [0, 0.05) is 25.6 Å². The van der Waals surface area contributed by atoms with Gasteiger partial charge in [-0.05, 0) is 61.6 Å². The Balaban J connectivity index is 1.75. The zero-order valence-electron chi connectivity index (χ0n) is 18.2. The minimum absolute atomic E-state index is 0.00522. The number of carbonyl (C=O) groups excluding carboxylic acids is 2. The molecule has 0 bridgehead atoms. The largest absolute Gasteiger partial charge is 0.444 e. The molecule has 3 rings (SSSR count). The quantitative estimate of drug-likeness (QED) is 0.803. The van der Waals surface area contributed by atoms with Gasteiger partial charge in [-0.3, -0.25) is 4.79 Å². The number of carbonyl (C=O) groups is 2. The molecule has 0 saturated heterocycles. The van der Waals surface area contributed by atoms with Crippen LogP contribution < -0.4 is 5.32 Å². The second kappa shape index (κ2) is 8.76. The van der Waals surface area contributed by atoms with E-state index in [0.29, 0.717) is 23.2 Å². The van der Waals surface area contributed by atoms with Crippen LogP contribution in [0.25, 0.3) is 11.1 Å². The van der Waals surface area contributed by atoms with E-state index >= 15 is 0 Å². The highest BCUT2D eigenvalue weighted by Gasteiger charge is 2.23. The summed E-state index contributed by atoms with van der Waals surface area (Å²) in [4.78, 5) is 25.8. The Labute approximate surface area is 181 Å². The zero-order chi connectivity index (χ0) is 22.8. The minimum atomic E-state index is -0.915. The van der Waals surface area contributed by atoms with Gasteiger partial charge in [0.1, 0.15) is 17.5 Å². The highest BCUT2D eigenvalue weighted by molar-refractivity contribution is 5.97. The molecular formula is C24H26FN3O3. The topological polar surface area (TPSA) is 82.4 Å². The Morgan fingerprint density at radius 2 is 1.94 bits per heavy atom. The molecule has 1 heterocycles. The molecule has 0 spiro atoms. The number of nitrogens with one attached hydrogen (secondary N) is 1. The van der Waals surface area contributed by atoms with Crippen LogP contribution in [0.1, 0.15) is 42.3 Å². The van der Waals surface area contributed by atoms with Crippen molar-refractivity contribution in [2.45, 2.75) is 45.3 Å². The van der Waals surface area contributed by atoms with Gasteiger partial charge in [-0.15, -0.1) is 0 Å². The van der Waals surface area contributed by atoms with Crippen LogP contribution in [0.5, 0.6) is 0 Å². The molecular weight excluding hydrogens is 397 g/mol. The molecule has 31 heavy (non-hydrogen) atoms. The smallest absolute Gasteiger partial charge is 0.408 e. The monoisotopic (exact) mass is 423 g/mol. The van der Waals surface area contributed by atoms with Crippen molar-refractivity contribution >= 4 is 12.0 Å². The van der Waals surface area contributed by atoms with Gasteiger partial charge >= 0.3 is 6.09 Å². The predicted octanol–water partition coefficient (Wildman–Crippen LogP) is 4.08. The summed E-state index contributed by atoms with van der Waals surface area (Å²) in [6.07, 6.45) is 0.0595. The Morgan fingerprint density at radius 3 is 2.58 bits per heavy atom. The van der Waals surface area contributed by atoms with Crippen LogP contribution in [0.3, 0.4) is 0 Å². The van der Waals surface area contributed by atoms with E-state index in [2.05, 4.69) is 5.32 Å². The molecule has 2 aromatic carbocycles. The van der Waals surface area contributed by atoms with Crippen molar-refractivity contribution < 1.29 is 18.7 Å². The van der Waals surface area contributed by atoms with Crippen LogP contribution in [-0.4, -0.2) is 42.1 Å². The first kappa shape index (κ1) is 22.3. The van der Waals surface area contributed by atoms with Crippen LogP contribution in [0.4, 0.5) is 9.18 Å². The van der Waals surface area contributed by atoms with Crippen LogP contribution >= 0.6 is 0 Å². The molecule has 6 nitrogen and oxygen atoms in total. The number of nitriles is 1. The van der Waals surface area contributed by atoms with Crippen molar-refractivity contribution in [3.8, 4) is 17.2 Å². The van der Waals surface area contributed by atoms with E-state index in [1.807, 2.05) is 18.2 Å². The third kappa shape index (κ3) is 5.40. The first-order valence-corrected chi connectivity index (χ1v) is 10.1. The van der Waals surface area contributed by atoms with Gasteiger partial charge in [0.2, 0.25) is 0 Å². The lowest BCUT2D eigenvalue weighted by molar-refractivity contribution is 0.0515. The number of hydrogen-bond donors (Lipinski definition) is 1. The summed E-state index contributed by atoms with van der Waals surface area (Å²) < 4.78 is 19.9. The van der Waals surface area contributed by atoms with Gasteiger partial charge in [-0.25, -0.2) is 9.18 Å². The maximum absolute atomic E-state index is 14.8. The normalized spacial score (nSPS) is 14.5. The summed E-state index contributed by atoms with van der Waals surface area (Å²) in [6, 6.07) is 11.4. The number of hydrogen-bond acceptors (Lipinski definition) is 4. The number of fused-ring (bicyclic) bond motifs is 1. The third-order valence-electron chi connectivity index (χ3n) is 5.06. The molecule has 7 heteroatoms. The van der Waals surface area contributed by atoms with Gasteiger partial charge in [0.15, 0.2) is 0 Å². The molecule has 2 aromatic rings. The number of benzene rings is 2. The Hall–Kier alpha value is -3.40. The van der Waals surface area contributed by atoms with Crippen molar-refractivity contribution in [3.05, 3.63) is 58.9 Å². The van der Waals surface area contributed by atoms with E-state index in [0.717, 1.165) is 17.5 Å². The van der Waals surface area contributed by atoms with E-state index in [9.17, 15) is 19.2 Å². The summed E-state index contributed by atoms with van der Waals surface area (Å²) in [5.74, 6) is -0.466. The van der Waals surface area contributed by atoms with Crippen LogP contribution in [0.15, 0.2) is 36.4 Å². The fourth-order valence-corrected chi connectivity index (χ4v) is 3.48. The van der Waals surface area contributed by atoms with Crippen molar-refractivity contribution in [2.24, 2.45) is 0 Å². The number of amides is 2. The summed E-state index contributed by atoms with van der Waals surface area (Å²) in [5, 5.41) is 11.8. The lowest BCUT2D eigenvalue weighted by Crippen LogP contribution is -2.39. The molecule has 0 radical (unpaired) electrons. The van der Waals surface area contributed by atoms with Gasteiger partial charge in [0.25, 0.3) is 5.91 Å². The van der Waals surface area contributed by atoms with Crippen LogP contribution in [0, 0.1) is 17.1 Å². The summed E-state index contributed by atoms with van der Waals surface area (Å²) in [6.45, 7) is 5.83. The lowest BCUT2D eigenvalue weighted by atomic mass is 9.93. The molecule has 0 saturated carbocycles. The van der Waals surface area contributed by atoms with Gasteiger partial charge in [-0.1, -0.05) is 24.3 Å². The zero-order valence-corrected chi connectivity index (χ0v) is 18.2. The highest BCUT2D eigenvalue weighted by Crippen LogP contribution is 2.27. The Bertz CT molecular complexity index is 1050. The molecule has 0 fully saturated rings. The van der Waals surface area contributed by atoms with Crippen molar-refractivity contribution in [1.29, 1.82) is 5.26 Å². The van der Waals surface area contributed by atoms with Crippen molar-refractivity contribution in [2.75, 3.05) is 13.6 Å². The number of nitrogens with zero attached hydrogens (tertiary/aromatic N) is 2. The van der Waals surface area contributed by atoms with Crippen molar-refractivity contribution in [1.82, 2.24) is 10.2 Å². The molecule has 0 aromatic heterocycles. The van der Waals surface area contributed by atoms with Crippen LogP contribution in [0.2, 0.25) is 0 Å². The second-order valence-electron chi connectivity index (χ2n) is 8.69. The lowest BCUT2D eigenvalue weighted by Gasteiger charge is -2.25. The molecule has 0 aliphatic carbocycles. The summed E-state index contributed by atoms with van der Waals surface area (Å²) in [7, 11) is 1.78. The van der Waals surface area contributed by atoms with E-state index in [1.54, 1.807) is 50.9 Å². The molecule has 1 N–H and O–H groups in total. The molecule has 1 unspecified atom stereocenters. The van der Waals surface area contributed by atoms with E-state index in [4.69, 9.17) is 4.74 Å². The van der Waals surface area contributed by atoms with Gasteiger partial charge in [0.05, 0.1) is 6.07 Å². The summed E-state index contributed by atoms with van der Waals surface area (Å²) >= 11 is 0. The minimum Gasteiger partial charge on any atom is -0.444 e. The predicted molar refractivity (Wildman–Crippen MR) is 115 cm³/mol. The molecule has 1 aliphatic rings. The maximum atomic E-state index is 14.8. The van der Waals surface area contributed by atoms with E-state index in [-0.39, 0.29) is 12.3 Å². The van der Waals surface area contributed by atoms with E-state index in [1.165, 1.54) is 6.07 Å². The third-order valence-corrected chi connectivity index (χ3v) is 5.06. The van der Waals surface area contributed by atoms with Crippen molar-refractivity contribution in [3.63, 3.8) is 0 Å². The number of rotatable bonds is 4. The number of ether oxygens (including phenoxy) is 1. The Kier molecular flexibility index (Phi) is 6.30. The molecule has 1 atom stereocenters. The second-order valence-corrected chi connectivity index (χ2v) is 8.69. The molecule has 162 valence electrons. The number of likely N-dealkylation sites (N-methyl/N-ethyl adjacent to an activating group) is 1. The van der Waals surface area contributed by atoms with Crippen LogP contribution in [-0.2, 0) is 17.6 Å². The van der Waals surface area contributed by atoms with E-state index < -0.39 is 23.6 Å². The number of halogens is 1. The fourth-order valence-electron chi connectivity index (χ4n) is 3.48. The first-order valence-electron chi connectivity index (χ1n) is 10.1.